The monoisotopic (exact) mass is 433 g/mol. The lowest BCUT2D eigenvalue weighted by molar-refractivity contribution is 0.0704. The summed E-state index contributed by atoms with van der Waals surface area (Å²) >= 11 is 0. The molecule has 2 N–H and O–H groups in total. The number of rotatable bonds is 4. The van der Waals surface area contributed by atoms with Gasteiger partial charge in [0.15, 0.2) is 0 Å². The molecule has 0 saturated carbocycles. The highest BCUT2D eigenvalue weighted by atomic mass is 32.2. The third kappa shape index (κ3) is 4.34. The van der Waals surface area contributed by atoms with E-state index < -0.39 is 10.0 Å². The van der Waals surface area contributed by atoms with Gasteiger partial charge in [0.2, 0.25) is 10.0 Å². The van der Waals surface area contributed by atoms with Crippen LogP contribution in [-0.2, 0) is 10.0 Å². The number of amides is 1. The van der Waals surface area contributed by atoms with Crippen LogP contribution >= 0.6 is 0 Å². The predicted molar refractivity (Wildman–Crippen MR) is 111 cm³/mol. The Bertz CT molecular complexity index is 1050. The lowest BCUT2D eigenvalue weighted by atomic mass is 9.97. The molecule has 9 nitrogen and oxygen atoms in total. The smallest absolute Gasteiger partial charge is 0.338 e. The summed E-state index contributed by atoms with van der Waals surface area (Å²) in [5.41, 5.74) is 0.00180. The first-order chi connectivity index (χ1) is 14.4. The summed E-state index contributed by atoms with van der Waals surface area (Å²) in [5.74, 6) is 0.297. The van der Waals surface area contributed by atoms with Crippen molar-refractivity contribution in [1.29, 1.82) is 0 Å². The number of likely N-dealkylation sites (tertiary alicyclic amines) is 1. The molecule has 30 heavy (non-hydrogen) atoms. The standard InChI is InChI=1S/C20H27N5O4S/c26-19(24-10-6-8-16(14-24)18-21-20(27)23-22-18)15-7-5-9-17(13-15)30(28,29)25-11-3-1-2-4-12-25/h5,7,9,13,16H,1-4,6,8,10-12,14H2,(H2,21,22,23,27)/t16-/m1/s1. The van der Waals surface area contributed by atoms with Crippen molar-refractivity contribution in [3.8, 4) is 0 Å². The normalized spacial score (nSPS) is 21.3. The molecule has 1 amide bonds. The maximum absolute atomic E-state index is 13.1. The Morgan fingerprint density at radius 1 is 1.07 bits per heavy atom. The average Bonchev–Trinajstić information content (AvgIpc) is 3.01. The first-order valence-electron chi connectivity index (χ1n) is 10.5. The first-order valence-corrected chi connectivity index (χ1v) is 11.9. The molecule has 1 aromatic heterocycles. The van der Waals surface area contributed by atoms with E-state index in [1.807, 2.05) is 0 Å². The molecule has 10 heteroatoms. The van der Waals surface area contributed by atoms with Crippen LogP contribution in [0.4, 0.5) is 0 Å². The van der Waals surface area contributed by atoms with Gasteiger partial charge in [-0.1, -0.05) is 18.9 Å². The third-order valence-electron chi connectivity index (χ3n) is 5.90. The van der Waals surface area contributed by atoms with Crippen LogP contribution in [0.15, 0.2) is 34.0 Å². The second kappa shape index (κ2) is 8.73. The van der Waals surface area contributed by atoms with E-state index in [0.29, 0.717) is 37.6 Å². The van der Waals surface area contributed by atoms with Gasteiger partial charge in [-0.3, -0.25) is 9.78 Å². The van der Waals surface area contributed by atoms with Crippen molar-refractivity contribution in [2.24, 2.45) is 0 Å². The van der Waals surface area contributed by atoms with E-state index >= 15 is 0 Å². The minimum Gasteiger partial charge on any atom is -0.338 e. The number of nitrogens with zero attached hydrogens (tertiary/aromatic N) is 3. The zero-order valence-electron chi connectivity index (χ0n) is 16.8. The van der Waals surface area contributed by atoms with E-state index in [1.54, 1.807) is 23.1 Å². The van der Waals surface area contributed by atoms with E-state index in [-0.39, 0.29) is 22.4 Å². The van der Waals surface area contributed by atoms with Gasteiger partial charge in [0, 0.05) is 37.7 Å². The van der Waals surface area contributed by atoms with Crippen molar-refractivity contribution in [3.05, 3.63) is 46.1 Å². The highest BCUT2D eigenvalue weighted by molar-refractivity contribution is 7.89. The zero-order chi connectivity index (χ0) is 21.1. The second-order valence-electron chi connectivity index (χ2n) is 8.00. The quantitative estimate of drug-likeness (QED) is 0.760. The fourth-order valence-corrected chi connectivity index (χ4v) is 5.83. The molecular weight excluding hydrogens is 406 g/mol. The molecule has 2 aliphatic heterocycles. The van der Waals surface area contributed by atoms with Gasteiger partial charge in [0.05, 0.1) is 4.90 Å². The Hall–Kier alpha value is -2.46. The lowest BCUT2D eigenvalue weighted by Gasteiger charge is -2.31. The van der Waals surface area contributed by atoms with Gasteiger partial charge in [-0.2, -0.15) is 9.40 Å². The maximum Gasteiger partial charge on any atom is 0.340 e. The highest BCUT2D eigenvalue weighted by Gasteiger charge is 2.29. The molecule has 2 fully saturated rings. The second-order valence-corrected chi connectivity index (χ2v) is 9.94. The van der Waals surface area contributed by atoms with E-state index in [2.05, 4.69) is 15.2 Å². The molecule has 2 aromatic rings. The van der Waals surface area contributed by atoms with Crippen LogP contribution in [0.25, 0.3) is 0 Å². The van der Waals surface area contributed by atoms with Crippen LogP contribution in [0.2, 0.25) is 0 Å². The molecule has 3 heterocycles. The van der Waals surface area contributed by atoms with Gasteiger partial charge >= 0.3 is 5.69 Å². The third-order valence-corrected chi connectivity index (χ3v) is 7.79. The summed E-state index contributed by atoms with van der Waals surface area (Å²) in [5, 5.41) is 6.36. The molecule has 2 aliphatic rings. The van der Waals surface area contributed by atoms with Crippen LogP contribution in [0.3, 0.4) is 0 Å². The van der Waals surface area contributed by atoms with Gasteiger partial charge in [0.1, 0.15) is 5.82 Å². The van der Waals surface area contributed by atoms with Crippen LogP contribution in [0.1, 0.15) is 60.6 Å². The molecule has 162 valence electrons. The van der Waals surface area contributed by atoms with Crippen LogP contribution in [-0.4, -0.2) is 64.9 Å². The number of aromatic nitrogens is 3. The summed E-state index contributed by atoms with van der Waals surface area (Å²) in [4.78, 5) is 29.0. The van der Waals surface area contributed by atoms with Crippen molar-refractivity contribution in [1.82, 2.24) is 24.4 Å². The fraction of sp³-hybridized carbons (Fsp3) is 0.550. The molecule has 0 unspecified atom stereocenters. The van der Waals surface area contributed by atoms with Crippen molar-refractivity contribution in [2.45, 2.75) is 49.3 Å². The number of aromatic amines is 2. The van der Waals surface area contributed by atoms with Crippen molar-refractivity contribution in [2.75, 3.05) is 26.2 Å². The highest BCUT2D eigenvalue weighted by Crippen LogP contribution is 2.26. The molecule has 0 aliphatic carbocycles. The van der Waals surface area contributed by atoms with Gasteiger partial charge < -0.3 is 4.90 Å². The number of sulfonamides is 1. The van der Waals surface area contributed by atoms with Gasteiger partial charge in [-0.25, -0.2) is 18.3 Å². The molecule has 1 aromatic carbocycles. The van der Waals surface area contributed by atoms with Gasteiger partial charge in [0.25, 0.3) is 5.91 Å². The van der Waals surface area contributed by atoms with Crippen LogP contribution < -0.4 is 5.69 Å². The number of piperidine rings is 1. The minimum atomic E-state index is -3.61. The summed E-state index contributed by atoms with van der Waals surface area (Å²) in [6.07, 6.45) is 5.43. The molecule has 0 bridgehead atoms. The summed E-state index contributed by atoms with van der Waals surface area (Å²) < 4.78 is 27.7. The largest absolute Gasteiger partial charge is 0.340 e. The predicted octanol–water partition coefficient (Wildman–Crippen LogP) is 1.68. The summed E-state index contributed by atoms with van der Waals surface area (Å²) in [6, 6.07) is 6.33. The first kappa shape index (κ1) is 20.8. The lowest BCUT2D eigenvalue weighted by Crippen LogP contribution is -2.39. The Labute approximate surface area is 175 Å². The number of hydrogen-bond donors (Lipinski definition) is 2. The zero-order valence-corrected chi connectivity index (χ0v) is 17.7. The van der Waals surface area contributed by atoms with E-state index in [4.69, 9.17) is 0 Å². The number of benzene rings is 1. The Morgan fingerprint density at radius 2 is 1.83 bits per heavy atom. The number of hydrogen-bond acceptors (Lipinski definition) is 5. The Kier molecular flexibility index (Phi) is 6.05. The van der Waals surface area contributed by atoms with E-state index in [9.17, 15) is 18.0 Å². The fourth-order valence-electron chi connectivity index (χ4n) is 4.26. The molecule has 0 spiro atoms. The van der Waals surface area contributed by atoms with Crippen LogP contribution in [0, 0.1) is 0 Å². The van der Waals surface area contributed by atoms with Crippen molar-refractivity contribution >= 4 is 15.9 Å². The molecule has 0 radical (unpaired) electrons. The number of carbonyl (C=O) groups is 1. The van der Waals surface area contributed by atoms with Crippen molar-refractivity contribution in [3.63, 3.8) is 0 Å². The average molecular weight is 434 g/mol. The minimum absolute atomic E-state index is 0.0503. The van der Waals surface area contributed by atoms with Gasteiger partial charge in [-0.05, 0) is 43.9 Å². The Balaban J connectivity index is 1.52. The maximum atomic E-state index is 13.1. The Morgan fingerprint density at radius 3 is 2.53 bits per heavy atom. The summed E-state index contributed by atoms with van der Waals surface area (Å²) in [6.45, 7) is 2.07. The number of nitrogens with one attached hydrogen (secondary N) is 2. The van der Waals surface area contributed by atoms with E-state index in [1.165, 1.54) is 10.4 Å². The molecule has 1 atom stereocenters. The molecule has 4 rings (SSSR count). The topological polar surface area (TPSA) is 119 Å². The van der Waals surface area contributed by atoms with E-state index in [0.717, 1.165) is 38.5 Å². The summed E-state index contributed by atoms with van der Waals surface area (Å²) in [7, 11) is -3.61. The molecule has 2 saturated heterocycles. The number of carbonyl (C=O) groups excluding carboxylic acids is 1. The van der Waals surface area contributed by atoms with Gasteiger partial charge in [-0.15, -0.1) is 0 Å². The number of H-pyrrole nitrogens is 2. The van der Waals surface area contributed by atoms with Crippen molar-refractivity contribution < 1.29 is 13.2 Å². The SMILES string of the molecule is O=C(c1cccc(S(=O)(=O)N2CCCCCC2)c1)N1CCC[C@@H](c2n[nH]c(=O)[nH]2)C1. The van der Waals surface area contributed by atoms with Crippen LogP contribution in [0.5, 0.6) is 0 Å². The molecular formula is C20H27N5O4S.